The summed E-state index contributed by atoms with van der Waals surface area (Å²) in [6.45, 7) is 9.15. The predicted molar refractivity (Wildman–Crippen MR) is 121 cm³/mol. The van der Waals surface area contributed by atoms with Gasteiger partial charge in [0.2, 0.25) is 0 Å². The molecule has 8 heteroatoms. The summed E-state index contributed by atoms with van der Waals surface area (Å²) in [5.74, 6) is 0.919. The third-order valence-corrected chi connectivity index (χ3v) is 4.88. The number of benzene rings is 1. The summed E-state index contributed by atoms with van der Waals surface area (Å²) >= 11 is 0. The Morgan fingerprint density at radius 3 is 2.86 bits per heavy atom. The van der Waals surface area contributed by atoms with Crippen LogP contribution in [0.25, 0.3) is 10.9 Å². The van der Waals surface area contributed by atoms with Crippen molar-refractivity contribution in [3.63, 3.8) is 0 Å². The molecule has 0 saturated carbocycles. The maximum Gasteiger partial charge on any atom is 0.410 e. The van der Waals surface area contributed by atoms with Gasteiger partial charge < -0.3 is 24.8 Å². The molecule has 1 fully saturated rings. The minimum Gasteiger partial charge on any atom is -0.444 e. The lowest BCUT2D eigenvalue weighted by molar-refractivity contribution is 0.0137. The lowest BCUT2D eigenvalue weighted by atomic mass is 10.2. The van der Waals surface area contributed by atoms with Crippen LogP contribution in [0.4, 0.5) is 4.79 Å². The number of aromatic nitrogens is 1. The first-order valence-electron chi connectivity index (χ1n) is 9.48. The molecule has 1 aromatic carbocycles. The maximum atomic E-state index is 12.3. The van der Waals surface area contributed by atoms with E-state index in [1.54, 1.807) is 4.90 Å². The van der Waals surface area contributed by atoms with Crippen molar-refractivity contribution in [2.45, 2.75) is 39.0 Å². The largest absolute Gasteiger partial charge is 0.444 e. The number of carbonyl (C=O) groups excluding carboxylic acids is 1. The highest BCUT2D eigenvalue weighted by Crippen LogP contribution is 2.19. The van der Waals surface area contributed by atoms with E-state index in [0.29, 0.717) is 26.2 Å². The molecular weight excluding hydrogens is 469 g/mol. The van der Waals surface area contributed by atoms with Crippen LogP contribution in [0, 0.1) is 0 Å². The number of aliphatic imine (C=N–C) groups is 1. The number of amides is 1. The van der Waals surface area contributed by atoms with Gasteiger partial charge in [-0.15, -0.1) is 24.0 Å². The molecule has 152 valence electrons. The Labute approximate surface area is 182 Å². The zero-order valence-corrected chi connectivity index (χ0v) is 18.9. The molecule has 2 aliphatic heterocycles. The summed E-state index contributed by atoms with van der Waals surface area (Å²) in [6, 6.07) is 10.6. The number of carbonyl (C=O) groups is 1. The minimum absolute atomic E-state index is 0. The standard InChI is InChI=1S/C20H27N5O2.HI/c1-20(2,3)27-19(26)24-8-9-25-16(13-24)12-22-18(25)21-11-15-10-14-6-4-5-7-17(14)23-15;/h4-7,10,16,23H,8-9,11-13H2,1-3H3,(H,21,22);1H. The molecule has 0 spiro atoms. The lowest BCUT2D eigenvalue weighted by Crippen LogP contribution is -2.57. The Hall–Kier alpha value is -1.97. The number of ether oxygens (including phenoxy) is 1. The molecule has 1 aromatic heterocycles. The second kappa shape index (κ2) is 8.18. The van der Waals surface area contributed by atoms with Gasteiger partial charge in [0, 0.05) is 30.8 Å². The normalized spacial score (nSPS) is 19.1. The van der Waals surface area contributed by atoms with Gasteiger partial charge in [0.25, 0.3) is 0 Å². The maximum absolute atomic E-state index is 12.3. The molecule has 2 aliphatic rings. The third kappa shape index (κ3) is 4.53. The van der Waals surface area contributed by atoms with E-state index < -0.39 is 5.60 Å². The number of hydrogen-bond donors (Lipinski definition) is 2. The van der Waals surface area contributed by atoms with Crippen LogP contribution < -0.4 is 5.32 Å². The number of fused-ring (bicyclic) bond motifs is 2. The van der Waals surface area contributed by atoms with Crippen molar-refractivity contribution in [2.24, 2.45) is 4.99 Å². The number of halogens is 1. The van der Waals surface area contributed by atoms with Gasteiger partial charge in [0.1, 0.15) is 5.60 Å². The van der Waals surface area contributed by atoms with Gasteiger partial charge in [-0.05, 0) is 38.3 Å². The number of nitrogens with zero attached hydrogens (tertiary/aromatic N) is 3. The average molecular weight is 497 g/mol. The van der Waals surface area contributed by atoms with E-state index in [-0.39, 0.29) is 36.1 Å². The monoisotopic (exact) mass is 497 g/mol. The summed E-state index contributed by atoms with van der Waals surface area (Å²) in [5.41, 5.74) is 1.81. The van der Waals surface area contributed by atoms with Crippen molar-refractivity contribution in [2.75, 3.05) is 26.2 Å². The highest BCUT2D eigenvalue weighted by atomic mass is 127. The number of nitrogens with one attached hydrogen (secondary N) is 2. The summed E-state index contributed by atoms with van der Waals surface area (Å²) in [5, 5.41) is 4.66. The Balaban J connectivity index is 0.00000225. The number of aromatic amines is 1. The number of rotatable bonds is 2. The fourth-order valence-corrected chi connectivity index (χ4v) is 3.63. The molecule has 28 heavy (non-hydrogen) atoms. The molecule has 1 atom stereocenters. The van der Waals surface area contributed by atoms with Crippen molar-refractivity contribution in [1.82, 2.24) is 20.1 Å². The summed E-state index contributed by atoms with van der Waals surface area (Å²) in [7, 11) is 0. The highest BCUT2D eigenvalue weighted by Gasteiger charge is 2.36. The fourth-order valence-electron chi connectivity index (χ4n) is 3.63. The second-order valence-electron chi connectivity index (χ2n) is 8.17. The summed E-state index contributed by atoms with van der Waals surface area (Å²) in [4.78, 5) is 24.5. The van der Waals surface area contributed by atoms with E-state index in [1.807, 2.05) is 32.9 Å². The van der Waals surface area contributed by atoms with Crippen LogP contribution in [0.2, 0.25) is 0 Å². The molecule has 4 rings (SSSR count). The number of piperazine rings is 1. The topological polar surface area (TPSA) is 73.0 Å². The SMILES string of the molecule is CC(C)(C)OC(=O)N1CCN2C(NCc3cc4ccccc4[nH]3)=NCC2C1.I. The summed E-state index contributed by atoms with van der Waals surface area (Å²) in [6.07, 6.45) is -0.235. The molecule has 0 bridgehead atoms. The van der Waals surface area contributed by atoms with Crippen molar-refractivity contribution >= 4 is 46.9 Å². The van der Waals surface area contributed by atoms with Gasteiger partial charge in [-0.1, -0.05) is 18.2 Å². The van der Waals surface area contributed by atoms with Gasteiger partial charge in [-0.2, -0.15) is 0 Å². The van der Waals surface area contributed by atoms with Crippen molar-refractivity contribution in [3.8, 4) is 0 Å². The molecule has 0 aliphatic carbocycles. The Bertz CT molecular complexity index is 840. The van der Waals surface area contributed by atoms with E-state index in [2.05, 4.69) is 38.4 Å². The smallest absolute Gasteiger partial charge is 0.410 e. The van der Waals surface area contributed by atoms with E-state index in [0.717, 1.165) is 23.7 Å². The first kappa shape index (κ1) is 20.8. The van der Waals surface area contributed by atoms with E-state index >= 15 is 0 Å². The van der Waals surface area contributed by atoms with Gasteiger partial charge in [-0.25, -0.2) is 4.79 Å². The fraction of sp³-hybridized carbons (Fsp3) is 0.500. The van der Waals surface area contributed by atoms with Crippen molar-refractivity contribution in [1.29, 1.82) is 0 Å². The molecule has 7 nitrogen and oxygen atoms in total. The Morgan fingerprint density at radius 2 is 2.11 bits per heavy atom. The molecular formula is C20H28IN5O2. The van der Waals surface area contributed by atoms with Gasteiger partial charge >= 0.3 is 6.09 Å². The highest BCUT2D eigenvalue weighted by molar-refractivity contribution is 14.0. The van der Waals surface area contributed by atoms with Crippen LogP contribution in [0.5, 0.6) is 0 Å². The van der Waals surface area contributed by atoms with Crippen LogP contribution in [0.3, 0.4) is 0 Å². The van der Waals surface area contributed by atoms with Gasteiger partial charge in [-0.3, -0.25) is 4.99 Å². The number of guanidine groups is 1. The molecule has 1 unspecified atom stereocenters. The van der Waals surface area contributed by atoms with Crippen LogP contribution >= 0.6 is 24.0 Å². The van der Waals surface area contributed by atoms with Crippen LogP contribution in [-0.4, -0.2) is 64.7 Å². The molecule has 1 amide bonds. The van der Waals surface area contributed by atoms with Gasteiger partial charge in [0.15, 0.2) is 5.96 Å². The Morgan fingerprint density at radius 1 is 1.32 bits per heavy atom. The van der Waals surface area contributed by atoms with Crippen LogP contribution in [0.1, 0.15) is 26.5 Å². The van der Waals surface area contributed by atoms with Crippen LogP contribution in [-0.2, 0) is 11.3 Å². The second-order valence-corrected chi connectivity index (χ2v) is 8.17. The van der Waals surface area contributed by atoms with E-state index in [9.17, 15) is 4.79 Å². The summed E-state index contributed by atoms with van der Waals surface area (Å²) < 4.78 is 5.50. The van der Waals surface area contributed by atoms with E-state index in [4.69, 9.17) is 4.74 Å². The Kier molecular flexibility index (Phi) is 6.07. The minimum atomic E-state index is -0.466. The lowest BCUT2D eigenvalue weighted by Gasteiger charge is -2.39. The molecule has 1 saturated heterocycles. The first-order valence-corrected chi connectivity index (χ1v) is 9.48. The zero-order chi connectivity index (χ0) is 19.0. The quantitative estimate of drug-likeness (QED) is 0.626. The number of para-hydroxylation sites is 1. The van der Waals surface area contributed by atoms with Crippen molar-refractivity contribution in [3.05, 3.63) is 36.0 Å². The van der Waals surface area contributed by atoms with Gasteiger partial charge in [0.05, 0.1) is 19.1 Å². The zero-order valence-electron chi connectivity index (χ0n) is 16.6. The third-order valence-electron chi connectivity index (χ3n) is 4.88. The molecule has 0 radical (unpaired) electrons. The van der Waals surface area contributed by atoms with Crippen molar-refractivity contribution < 1.29 is 9.53 Å². The van der Waals surface area contributed by atoms with E-state index in [1.165, 1.54) is 5.39 Å². The number of H-pyrrole nitrogens is 1. The average Bonchev–Trinajstić information content (AvgIpc) is 3.21. The predicted octanol–water partition coefficient (Wildman–Crippen LogP) is 3.17. The number of hydrogen-bond acceptors (Lipinski definition) is 5. The molecule has 3 heterocycles. The molecule has 2 N–H and O–H groups in total. The molecule has 2 aromatic rings. The first-order chi connectivity index (χ1) is 12.9. The van der Waals surface area contributed by atoms with Crippen LogP contribution in [0.15, 0.2) is 35.3 Å².